The predicted octanol–water partition coefficient (Wildman–Crippen LogP) is 5.07. The van der Waals surface area contributed by atoms with Crippen molar-refractivity contribution in [3.63, 3.8) is 0 Å². The lowest BCUT2D eigenvalue weighted by Crippen LogP contribution is -2.54. The quantitative estimate of drug-likeness (QED) is 0.481. The van der Waals surface area contributed by atoms with Gasteiger partial charge in [-0.15, -0.1) is 0 Å². The largest absolute Gasteiger partial charge is 0.467 e. The molecule has 5 heteroatoms. The highest BCUT2D eigenvalue weighted by atomic mass is 28.4. The highest BCUT2D eigenvalue weighted by molar-refractivity contribution is 6.74. The van der Waals surface area contributed by atoms with E-state index in [1.807, 2.05) is 18.2 Å². The van der Waals surface area contributed by atoms with Gasteiger partial charge in [0, 0.05) is 12.1 Å². The summed E-state index contributed by atoms with van der Waals surface area (Å²) in [5.41, 5.74) is 1.20. The lowest BCUT2D eigenvalue weighted by Gasteiger charge is -2.41. The summed E-state index contributed by atoms with van der Waals surface area (Å²) in [7, 11) is -0.672. The fourth-order valence-electron chi connectivity index (χ4n) is 2.70. The monoisotopic (exact) mass is 379 g/mol. The average molecular weight is 380 g/mol. The van der Waals surface area contributed by atoms with Crippen LogP contribution in [-0.2, 0) is 14.0 Å². The van der Waals surface area contributed by atoms with E-state index in [1.54, 1.807) is 0 Å². The molecule has 0 bridgehead atoms. The molecular formula is C21H37NO3Si. The summed E-state index contributed by atoms with van der Waals surface area (Å²) >= 11 is 0. The number of methoxy groups -OCH3 is 1. The SMILES string of the molecule is CCC[C@H](N[C@@H](C)c1ccccc1)[C@H](O[Si](C)(C)C(C)(C)C)C(=O)OC. The van der Waals surface area contributed by atoms with Gasteiger partial charge in [-0.1, -0.05) is 64.4 Å². The summed E-state index contributed by atoms with van der Waals surface area (Å²) in [5, 5.41) is 3.65. The van der Waals surface area contributed by atoms with E-state index in [4.69, 9.17) is 9.16 Å². The number of benzene rings is 1. The van der Waals surface area contributed by atoms with Gasteiger partial charge in [0.05, 0.1) is 7.11 Å². The van der Waals surface area contributed by atoms with Crippen molar-refractivity contribution in [2.45, 2.75) is 83.8 Å². The molecule has 1 aromatic carbocycles. The number of rotatable bonds is 9. The molecule has 0 amide bonds. The summed E-state index contributed by atoms with van der Waals surface area (Å²) in [5.74, 6) is -0.291. The molecular weight excluding hydrogens is 342 g/mol. The van der Waals surface area contributed by atoms with E-state index in [0.717, 1.165) is 12.8 Å². The van der Waals surface area contributed by atoms with Crippen molar-refractivity contribution < 1.29 is 14.0 Å². The van der Waals surface area contributed by atoms with Gasteiger partial charge in [-0.25, -0.2) is 4.79 Å². The second-order valence-electron chi connectivity index (χ2n) is 8.52. The standard InChI is InChI=1S/C21H37NO3Si/c1-9-13-18(22-16(2)17-14-11-10-12-15-17)19(20(23)24-6)25-26(7,8)21(3,4)5/h10-12,14-16,18-19,22H,9,13H2,1-8H3/t16-,18-,19-/m0/s1. The van der Waals surface area contributed by atoms with Gasteiger partial charge < -0.3 is 14.5 Å². The van der Waals surface area contributed by atoms with Gasteiger partial charge in [-0.2, -0.15) is 0 Å². The van der Waals surface area contributed by atoms with Gasteiger partial charge >= 0.3 is 5.97 Å². The van der Waals surface area contributed by atoms with Crippen molar-refractivity contribution in [1.29, 1.82) is 0 Å². The summed E-state index contributed by atoms with van der Waals surface area (Å²) in [6.07, 6.45) is 1.23. The Labute approximate surface area is 160 Å². The zero-order chi connectivity index (χ0) is 20.0. The maximum atomic E-state index is 12.6. The van der Waals surface area contributed by atoms with Gasteiger partial charge in [-0.05, 0) is 37.0 Å². The van der Waals surface area contributed by atoms with Crippen LogP contribution in [0.5, 0.6) is 0 Å². The van der Waals surface area contributed by atoms with Crippen molar-refractivity contribution in [2.24, 2.45) is 0 Å². The van der Waals surface area contributed by atoms with Crippen molar-refractivity contribution in [2.75, 3.05) is 7.11 Å². The van der Waals surface area contributed by atoms with Crippen molar-refractivity contribution in [1.82, 2.24) is 5.32 Å². The molecule has 0 saturated heterocycles. The Hall–Kier alpha value is -1.17. The molecule has 0 aliphatic rings. The third-order valence-electron chi connectivity index (χ3n) is 5.39. The van der Waals surface area contributed by atoms with Crippen LogP contribution < -0.4 is 5.32 Å². The highest BCUT2D eigenvalue weighted by Crippen LogP contribution is 2.38. The maximum Gasteiger partial charge on any atom is 0.335 e. The van der Waals surface area contributed by atoms with Crippen LogP contribution in [0.4, 0.5) is 0 Å². The topological polar surface area (TPSA) is 47.6 Å². The number of esters is 1. The third kappa shape index (κ3) is 6.22. The van der Waals surface area contributed by atoms with Crippen LogP contribution in [0.2, 0.25) is 18.1 Å². The Morgan fingerprint density at radius 3 is 2.23 bits per heavy atom. The second kappa shape index (κ2) is 9.67. The van der Waals surface area contributed by atoms with Gasteiger partial charge in [-0.3, -0.25) is 0 Å². The molecule has 1 rings (SSSR count). The molecule has 0 heterocycles. The molecule has 0 radical (unpaired) electrons. The van der Waals surface area contributed by atoms with Crippen molar-refractivity contribution in [3.8, 4) is 0 Å². The van der Waals surface area contributed by atoms with Crippen LogP contribution in [0.3, 0.4) is 0 Å². The number of carbonyl (C=O) groups is 1. The van der Waals surface area contributed by atoms with Crippen molar-refractivity contribution >= 4 is 14.3 Å². The molecule has 1 N–H and O–H groups in total. The van der Waals surface area contributed by atoms with E-state index < -0.39 is 14.4 Å². The van der Waals surface area contributed by atoms with E-state index in [-0.39, 0.29) is 23.1 Å². The van der Waals surface area contributed by atoms with E-state index in [2.05, 4.69) is 65.2 Å². The predicted molar refractivity (Wildman–Crippen MR) is 111 cm³/mol. The molecule has 0 aromatic heterocycles. The Balaban J connectivity index is 3.07. The number of carbonyl (C=O) groups excluding carboxylic acids is 1. The smallest absolute Gasteiger partial charge is 0.335 e. The van der Waals surface area contributed by atoms with Crippen LogP contribution >= 0.6 is 0 Å². The van der Waals surface area contributed by atoms with Crippen LogP contribution in [0.1, 0.15) is 59.1 Å². The lowest BCUT2D eigenvalue weighted by molar-refractivity contribution is -0.151. The molecule has 1 aromatic rings. The molecule has 3 atom stereocenters. The minimum Gasteiger partial charge on any atom is -0.467 e. The zero-order valence-corrected chi connectivity index (χ0v) is 18.8. The molecule has 0 aliphatic heterocycles. The number of hydrogen-bond acceptors (Lipinski definition) is 4. The Bertz CT molecular complexity index is 554. The molecule has 4 nitrogen and oxygen atoms in total. The van der Waals surface area contributed by atoms with E-state index in [9.17, 15) is 4.79 Å². The molecule has 26 heavy (non-hydrogen) atoms. The second-order valence-corrected chi connectivity index (χ2v) is 13.3. The minimum absolute atomic E-state index is 0.0289. The van der Waals surface area contributed by atoms with Gasteiger partial charge in [0.2, 0.25) is 0 Å². The molecule has 0 saturated carbocycles. The first-order chi connectivity index (χ1) is 12.0. The normalized spacial score (nSPS) is 16.0. The molecule has 148 valence electrons. The summed E-state index contributed by atoms with van der Waals surface area (Å²) < 4.78 is 11.6. The van der Waals surface area contributed by atoms with Crippen LogP contribution in [0, 0.1) is 0 Å². The summed E-state index contributed by atoms with van der Waals surface area (Å²) in [4.78, 5) is 12.6. The minimum atomic E-state index is -2.11. The van der Waals surface area contributed by atoms with Crippen LogP contribution in [0.25, 0.3) is 0 Å². The van der Waals surface area contributed by atoms with Crippen LogP contribution in [0.15, 0.2) is 30.3 Å². The fourth-order valence-corrected chi connectivity index (χ4v) is 3.95. The molecule has 0 aliphatic carbocycles. The Morgan fingerprint density at radius 2 is 1.77 bits per heavy atom. The molecule has 0 spiro atoms. The van der Waals surface area contributed by atoms with E-state index in [0.29, 0.717) is 0 Å². The zero-order valence-electron chi connectivity index (χ0n) is 17.8. The first kappa shape index (κ1) is 22.9. The Morgan fingerprint density at radius 1 is 1.19 bits per heavy atom. The maximum absolute atomic E-state index is 12.6. The third-order valence-corrected chi connectivity index (χ3v) is 9.85. The highest BCUT2D eigenvalue weighted by Gasteiger charge is 2.43. The first-order valence-corrected chi connectivity index (χ1v) is 12.5. The van der Waals surface area contributed by atoms with E-state index >= 15 is 0 Å². The lowest BCUT2D eigenvalue weighted by atomic mass is 10.0. The molecule has 0 unspecified atom stereocenters. The van der Waals surface area contributed by atoms with Gasteiger partial charge in [0.25, 0.3) is 0 Å². The van der Waals surface area contributed by atoms with Gasteiger partial charge in [0.15, 0.2) is 14.4 Å². The van der Waals surface area contributed by atoms with Crippen molar-refractivity contribution in [3.05, 3.63) is 35.9 Å². The Kier molecular flexibility index (Phi) is 8.51. The van der Waals surface area contributed by atoms with E-state index in [1.165, 1.54) is 12.7 Å². The number of nitrogens with one attached hydrogen (secondary N) is 1. The average Bonchev–Trinajstić information content (AvgIpc) is 2.58. The first-order valence-electron chi connectivity index (χ1n) is 9.60. The molecule has 0 fully saturated rings. The number of hydrogen-bond donors (Lipinski definition) is 1. The summed E-state index contributed by atoms with van der Waals surface area (Å²) in [6.45, 7) is 15.1. The van der Waals surface area contributed by atoms with Gasteiger partial charge in [0.1, 0.15) is 0 Å². The summed E-state index contributed by atoms with van der Waals surface area (Å²) in [6, 6.07) is 10.3. The van der Waals surface area contributed by atoms with Crippen LogP contribution in [-0.4, -0.2) is 33.5 Å². The fraction of sp³-hybridized carbons (Fsp3) is 0.667. The number of ether oxygens (including phenoxy) is 1.